The summed E-state index contributed by atoms with van der Waals surface area (Å²) in [6.45, 7) is 2.43. The van der Waals surface area contributed by atoms with Crippen molar-refractivity contribution < 1.29 is 13.9 Å². The van der Waals surface area contributed by atoms with E-state index in [1.165, 1.54) is 12.1 Å². The molecule has 1 amide bonds. The van der Waals surface area contributed by atoms with Gasteiger partial charge in [-0.25, -0.2) is 4.39 Å². The number of hydrogen-bond acceptors (Lipinski definition) is 2. The maximum absolute atomic E-state index is 13.6. The van der Waals surface area contributed by atoms with Gasteiger partial charge in [0.25, 0.3) is 0 Å². The molecule has 0 bridgehead atoms. The van der Waals surface area contributed by atoms with E-state index >= 15 is 0 Å². The van der Waals surface area contributed by atoms with Crippen molar-refractivity contribution in [3.63, 3.8) is 0 Å². The van der Waals surface area contributed by atoms with E-state index in [2.05, 4.69) is 5.32 Å². The molecule has 0 unspecified atom stereocenters. The van der Waals surface area contributed by atoms with E-state index in [4.69, 9.17) is 16.3 Å². The molecule has 0 spiro atoms. The van der Waals surface area contributed by atoms with E-state index in [-0.39, 0.29) is 12.3 Å². The number of amides is 1. The fourth-order valence-electron chi connectivity index (χ4n) is 1.87. The molecule has 2 rings (SSSR count). The maximum atomic E-state index is 13.6. The highest BCUT2D eigenvalue weighted by atomic mass is 35.5. The van der Waals surface area contributed by atoms with Gasteiger partial charge in [0.1, 0.15) is 11.6 Å². The third-order valence-corrected chi connectivity index (χ3v) is 3.03. The molecule has 3 nitrogen and oxygen atoms in total. The highest BCUT2D eigenvalue weighted by Gasteiger charge is 2.09. The Morgan fingerprint density at radius 1 is 1.29 bits per heavy atom. The van der Waals surface area contributed by atoms with Crippen LogP contribution in [0.3, 0.4) is 0 Å². The van der Waals surface area contributed by atoms with Crippen LogP contribution in [0.5, 0.6) is 5.75 Å². The Kier molecular flexibility index (Phi) is 5.17. The Morgan fingerprint density at radius 2 is 2.10 bits per heavy atom. The summed E-state index contributed by atoms with van der Waals surface area (Å²) in [7, 11) is 0. The number of ether oxygens (including phenoxy) is 1. The van der Waals surface area contributed by atoms with Crippen molar-refractivity contribution in [2.75, 3.05) is 11.9 Å². The summed E-state index contributed by atoms with van der Waals surface area (Å²) in [6.07, 6.45) is -0.0537. The van der Waals surface area contributed by atoms with Gasteiger partial charge in [0.2, 0.25) is 5.91 Å². The monoisotopic (exact) mass is 307 g/mol. The van der Waals surface area contributed by atoms with Crippen molar-refractivity contribution >= 4 is 23.2 Å². The molecular formula is C16H15ClFNO2. The van der Waals surface area contributed by atoms with Crippen LogP contribution in [0, 0.1) is 5.82 Å². The largest absolute Gasteiger partial charge is 0.494 e. The molecule has 0 atom stereocenters. The average molecular weight is 308 g/mol. The lowest BCUT2D eigenvalue weighted by molar-refractivity contribution is -0.115. The second kappa shape index (κ2) is 7.09. The second-order valence-corrected chi connectivity index (χ2v) is 4.86. The van der Waals surface area contributed by atoms with Gasteiger partial charge in [-0.2, -0.15) is 0 Å². The number of carbonyl (C=O) groups is 1. The van der Waals surface area contributed by atoms with Crippen LogP contribution < -0.4 is 10.1 Å². The maximum Gasteiger partial charge on any atom is 0.228 e. The topological polar surface area (TPSA) is 38.3 Å². The minimum atomic E-state index is -0.485. The molecule has 5 heteroatoms. The molecule has 0 saturated carbocycles. The lowest BCUT2D eigenvalue weighted by Gasteiger charge is -2.08. The summed E-state index contributed by atoms with van der Waals surface area (Å²) >= 11 is 5.68. The van der Waals surface area contributed by atoms with Crippen molar-refractivity contribution in [2.45, 2.75) is 13.3 Å². The van der Waals surface area contributed by atoms with Crippen LogP contribution in [0.1, 0.15) is 12.5 Å². The first-order chi connectivity index (χ1) is 10.1. The molecule has 110 valence electrons. The lowest BCUT2D eigenvalue weighted by Crippen LogP contribution is -2.15. The van der Waals surface area contributed by atoms with Crippen LogP contribution in [0.25, 0.3) is 0 Å². The average Bonchev–Trinajstić information content (AvgIpc) is 2.43. The van der Waals surface area contributed by atoms with Gasteiger partial charge in [-0.1, -0.05) is 23.7 Å². The summed E-state index contributed by atoms with van der Waals surface area (Å²) < 4.78 is 19.0. The first-order valence-corrected chi connectivity index (χ1v) is 6.93. The van der Waals surface area contributed by atoms with Gasteiger partial charge in [-0.3, -0.25) is 4.79 Å². The van der Waals surface area contributed by atoms with E-state index in [1.54, 1.807) is 30.3 Å². The summed E-state index contributed by atoms with van der Waals surface area (Å²) in [5, 5.41) is 3.02. The summed E-state index contributed by atoms with van der Waals surface area (Å²) in [5.74, 6) is -0.112. The zero-order chi connectivity index (χ0) is 15.2. The third-order valence-electron chi connectivity index (χ3n) is 2.79. The van der Waals surface area contributed by atoms with Gasteiger partial charge >= 0.3 is 0 Å². The second-order valence-electron chi connectivity index (χ2n) is 4.42. The Labute approximate surface area is 127 Å². The SMILES string of the molecule is CCOc1cccc(NC(=O)Cc2ccc(Cl)cc2F)c1. The van der Waals surface area contributed by atoms with Crippen molar-refractivity contribution in [1.29, 1.82) is 0 Å². The molecule has 21 heavy (non-hydrogen) atoms. The van der Waals surface area contributed by atoms with Gasteiger partial charge in [-0.15, -0.1) is 0 Å². The molecule has 0 saturated heterocycles. The fraction of sp³-hybridized carbons (Fsp3) is 0.188. The van der Waals surface area contributed by atoms with Crippen molar-refractivity contribution in [3.05, 3.63) is 58.9 Å². The molecule has 0 aliphatic carbocycles. The van der Waals surface area contributed by atoms with Crippen LogP contribution in [0.15, 0.2) is 42.5 Å². The van der Waals surface area contributed by atoms with Crippen molar-refractivity contribution in [2.24, 2.45) is 0 Å². The first-order valence-electron chi connectivity index (χ1n) is 6.55. The zero-order valence-electron chi connectivity index (χ0n) is 11.5. The van der Waals surface area contributed by atoms with E-state index in [0.717, 1.165) is 0 Å². The predicted octanol–water partition coefficient (Wildman–Crippen LogP) is 4.06. The van der Waals surface area contributed by atoms with Crippen LogP contribution in [0.4, 0.5) is 10.1 Å². The number of carbonyl (C=O) groups excluding carboxylic acids is 1. The van der Waals surface area contributed by atoms with Crippen LogP contribution in [-0.2, 0) is 11.2 Å². The molecule has 1 N–H and O–H groups in total. The number of nitrogens with one attached hydrogen (secondary N) is 1. The van der Waals surface area contributed by atoms with Crippen molar-refractivity contribution in [3.8, 4) is 5.75 Å². The van der Waals surface area contributed by atoms with Gasteiger partial charge in [0.15, 0.2) is 0 Å². The first kappa shape index (κ1) is 15.3. The van der Waals surface area contributed by atoms with Gasteiger partial charge in [0, 0.05) is 16.8 Å². The molecule has 0 heterocycles. The van der Waals surface area contributed by atoms with Crippen LogP contribution in [0.2, 0.25) is 5.02 Å². The Morgan fingerprint density at radius 3 is 2.81 bits per heavy atom. The van der Waals surface area contributed by atoms with Gasteiger partial charge in [0.05, 0.1) is 13.0 Å². The van der Waals surface area contributed by atoms with E-state index in [0.29, 0.717) is 28.6 Å². The zero-order valence-corrected chi connectivity index (χ0v) is 12.3. The molecule has 2 aromatic rings. The molecule has 0 fully saturated rings. The number of benzene rings is 2. The highest BCUT2D eigenvalue weighted by molar-refractivity contribution is 6.30. The molecule has 0 aromatic heterocycles. The van der Waals surface area contributed by atoms with E-state index in [9.17, 15) is 9.18 Å². The number of anilines is 1. The summed E-state index contributed by atoms with van der Waals surface area (Å²) in [4.78, 5) is 11.9. The molecule has 0 aliphatic rings. The normalized spacial score (nSPS) is 10.2. The van der Waals surface area contributed by atoms with Gasteiger partial charge in [-0.05, 0) is 36.8 Å². The Balaban J connectivity index is 2.02. The molecular weight excluding hydrogens is 293 g/mol. The molecule has 0 radical (unpaired) electrons. The quantitative estimate of drug-likeness (QED) is 0.904. The fourth-order valence-corrected chi connectivity index (χ4v) is 2.03. The van der Waals surface area contributed by atoms with E-state index < -0.39 is 5.82 Å². The summed E-state index contributed by atoms with van der Waals surface area (Å²) in [6, 6.07) is 11.3. The number of halogens is 2. The number of hydrogen-bond donors (Lipinski definition) is 1. The standard InChI is InChI=1S/C16H15ClFNO2/c1-2-21-14-5-3-4-13(10-14)19-16(20)8-11-6-7-12(17)9-15(11)18/h3-7,9-10H,2,8H2,1H3,(H,19,20). The smallest absolute Gasteiger partial charge is 0.228 e. The van der Waals surface area contributed by atoms with Crippen LogP contribution >= 0.6 is 11.6 Å². The third kappa shape index (κ3) is 4.46. The predicted molar refractivity (Wildman–Crippen MR) is 81.4 cm³/mol. The lowest BCUT2D eigenvalue weighted by atomic mass is 10.1. The Bertz CT molecular complexity index is 646. The summed E-state index contributed by atoms with van der Waals surface area (Å²) in [5.41, 5.74) is 0.915. The van der Waals surface area contributed by atoms with Crippen molar-refractivity contribution in [1.82, 2.24) is 0 Å². The minimum Gasteiger partial charge on any atom is -0.494 e. The highest BCUT2D eigenvalue weighted by Crippen LogP contribution is 2.19. The van der Waals surface area contributed by atoms with Gasteiger partial charge < -0.3 is 10.1 Å². The van der Waals surface area contributed by atoms with E-state index in [1.807, 2.05) is 6.92 Å². The molecule has 2 aromatic carbocycles. The Hall–Kier alpha value is -2.07. The number of rotatable bonds is 5. The van der Waals surface area contributed by atoms with Crippen LogP contribution in [-0.4, -0.2) is 12.5 Å². The minimum absolute atomic E-state index is 0.0537. The molecule has 0 aliphatic heterocycles.